The Balaban J connectivity index is 1.72. The SMILES string of the molecule is CCc1nn(C)cc1C(=O)N1CC(O)(C2CC2)C1. The molecule has 1 aliphatic heterocycles. The molecule has 2 fully saturated rings. The highest BCUT2D eigenvalue weighted by molar-refractivity contribution is 5.95. The fourth-order valence-corrected chi connectivity index (χ4v) is 2.78. The van der Waals surface area contributed by atoms with Crippen molar-refractivity contribution in [2.45, 2.75) is 31.8 Å². The molecule has 1 saturated carbocycles. The summed E-state index contributed by atoms with van der Waals surface area (Å²) in [5, 5.41) is 14.5. The van der Waals surface area contributed by atoms with E-state index in [1.165, 1.54) is 0 Å². The van der Waals surface area contributed by atoms with Gasteiger partial charge in [0.2, 0.25) is 0 Å². The fraction of sp³-hybridized carbons (Fsp3) is 0.692. The van der Waals surface area contributed by atoms with Crippen molar-refractivity contribution < 1.29 is 9.90 Å². The zero-order valence-electron chi connectivity index (χ0n) is 10.9. The number of nitrogens with zero attached hydrogens (tertiary/aromatic N) is 3. The fourth-order valence-electron chi connectivity index (χ4n) is 2.78. The Bertz CT molecular complexity index is 484. The number of aromatic nitrogens is 2. The van der Waals surface area contributed by atoms with Gasteiger partial charge in [0.1, 0.15) is 5.60 Å². The zero-order chi connectivity index (χ0) is 12.9. The third-order valence-corrected chi connectivity index (χ3v) is 4.02. The van der Waals surface area contributed by atoms with Crippen LogP contribution in [0.4, 0.5) is 0 Å². The maximum Gasteiger partial charge on any atom is 0.257 e. The summed E-state index contributed by atoms with van der Waals surface area (Å²) < 4.78 is 1.68. The monoisotopic (exact) mass is 249 g/mol. The predicted molar refractivity (Wildman–Crippen MR) is 66.2 cm³/mol. The van der Waals surface area contributed by atoms with Crippen LogP contribution in [-0.2, 0) is 13.5 Å². The molecule has 18 heavy (non-hydrogen) atoms. The van der Waals surface area contributed by atoms with E-state index < -0.39 is 5.60 Å². The minimum atomic E-state index is -0.607. The number of likely N-dealkylation sites (tertiary alicyclic amines) is 1. The van der Waals surface area contributed by atoms with Gasteiger partial charge in [0, 0.05) is 13.2 Å². The van der Waals surface area contributed by atoms with Crippen LogP contribution in [0.15, 0.2) is 6.20 Å². The van der Waals surface area contributed by atoms with E-state index in [1.807, 2.05) is 14.0 Å². The lowest BCUT2D eigenvalue weighted by molar-refractivity contribution is -0.0958. The molecule has 3 rings (SSSR count). The first-order chi connectivity index (χ1) is 8.53. The van der Waals surface area contributed by atoms with E-state index in [1.54, 1.807) is 15.8 Å². The summed E-state index contributed by atoms with van der Waals surface area (Å²) >= 11 is 0. The van der Waals surface area contributed by atoms with Crippen LogP contribution in [-0.4, -0.2) is 44.4 Å². The molecule has 1 aromatic rings. The Morgan fingerprint density at radius 3 is 2.78 bits per heavy atom. The Morgan fingerprint density at radius 1 is 1.56 bits per heavy atom. The number of carbonyl (C=O) groups excluding carboxylic acids is 1. The number of aliphatic hydroxyl groups is 1. The normalized spacial score (nSPS) is 21.8. The molecular weight excluding hydrogens is 230 g/mol. The van der Waals surface area contributed by atoms with Gasteiger partial charge in [-0.25, -0.2) is 0 Å². The van der Waals surface area contributed by atoms with Gasteiger partial charge < -0.3 is 10.0 Å². The molecule has 5 nitrogen and oxygen atoms in total. The number of aryl methyl sites for hydroxylation is 2. The number of β-amino-alcohol motifs (C(OH)–C–C–N with tert-alkyl or cyclic N) is 1. The molecule has 0 atom stereocenters. The molecule has 1 N–H and O–H groups in total. The van der Waals surface area contributed by atoms with Gasteiger partial charge in [-0.2, -0.15) is 5.10 Å². The van der Waals surface area contributed by atoms with Crippen molar-refractivity contribution in [2.24, 2.45) is 13.0 Å². The van der Waals surface area contributed by atoms with Crippen molar-refractivity contribution in [3.8, 4) is 0 Å². The molecule has 5 heteroatoms. The van der Waals surface area contributed by atoms with E-state index in [2.05, 4.69) is 5.10 Å². The standard InChI is InChI=1S/C13H19N3O2/c1-3-11-10(6-15(2)14-11)12(17)16-7-13(18,8-16)9-4-5-9/h6,9,18H,3-5,7-8H2,1-2H3. The van der Waals surface area contributed by atoms with Gasteiger partial charge in [-0.05, 0) is 25.2 Å². The quantitative estimate of drug-likeness (QED) is 0.852. The van der Waals surface area contributed by atoms with Gasteiger partial charge in [0.25, 0.3) is 5.91 Å². The molecule has 2 aliphatic rings. The molecule has 0 spiro atoms. The maximum absolute atomic E-state index is 12.3. The third kappa shape index (κ3) is 1.73. The summed E-state index contributed by atoms with van der Waals surface area (Å²) in [4.78, 5) is 14.0. The lowest BCUT2D eigenvalue weighted by Gasteiger charge is -2.46. The first-order valence-electron chi connectivity index (χ1n) is 6.57. The molecule has 1 amide bonds. The van der Waals surface area contributed by atoms with Crippen LogP contribution in [0.2, 0.25) is 0 Å². The number of carbonyl (C=O) groups is 1. The largest absolute Gasteiger partial charge is 0.386 e. The predicted octanol–water partition coefficient (Wildman–Crippen LogP) is 0.579. The molecule has 98 valence electrons. The van der Waals surface area contributed by atoms with Gasteiger partial charge in [-0.1, -0.05) is 6.92 Å². The van der Waals surface area contributed by atoms with Crippen LogP contribution >= 0.6 is 0 Å². The Hall–Kier alpha value is -1.36. The maximum atomic E-state index is 12.3. The highest BCUT2D eigenvalue weighted by Crippen LogP contribution is 2.44. The Labute approximate surface area is 106 Å². The summed E-state index contributed by atoms with van der Waals surface area (Å²) in [5.41, 5.74) is 0.909. The van der Waals surface area contributed by atoms with Crippen molar-refractivity contribution in [3.63, 3.8) is 0 Å². The van der Waals surface area contributed by atoms with Gasteiger partial charge >= 0.3 is 0 Å². The molecule has 1 aliphatic carbocycles. The lowest BCUT2D eigenvalue weighted by atomic mass is 9.88. The Morgan fingerprint density at radius 2 is 2.22 bits per heavy atom. The second-order valence-electron chi connectivity index (χ2n) is 5.56. The van der Waals surface area contributed by atoms with Gasteiger partial charge in [-0.3, -0.25) is 9.48 Å². The summed E-state index contributed by atoms with van der Waals surface area (Å²) in [6.45, 7) is 2.96. The van der Waals surface area contributed by atoms with Crippen LogP contribution in [0.25, 0.3) is 0 Å². The van der Waals surface area contributed by atoms with Crippen molar-refractivity contribution in [3.05, 3.63) is 17.5 Å². The van der Waals surface area contributed by atoms with Crippen LogP contribution in [0.5, 0.6) is 0 Å². The van der Waals surface area contributed by atoms with Crippen LogP contribution in [0, 0.1) is 5.92 Å². The molecular formula is C13H19N3O2. The molecule has 2 heterocycles. The number of hydrogen-bond acceptors (Lipinski definition) is 3. The van der Waals surface area contributed by atoms with Gasteiger partial charge in [0.15, 0.2) is 0 Å². The summed E-state index contributed by atoms with van der Waals surface area (Å²) in [6, 6.07) is 0. The Kier molecular flexibility index (Phi) is 2.48. The minimum Gasteiger partial charge on any atom is -0.386 e. The minimum absolute atomic E-state index is 0.00488. The molecule has 0 bridgehead atoms. The molecule has 0 aromatic carbocycles. The van der Waals surface area contributed by atoms with E-state index in [-0.39, 0.29) is 5.91 Å². The van der Waals surface area contributed by atoms with E-state index in [9.17, 15) is 9.90 Å². The van der Waals surface area contributed by atoms with Crippen LogP contribution in [0.3, 0.4) is 0 Å². The first-order valence-corrected chi connectivity index (χ1v) is 6.57. The van der Waals surface area contributed by atoms with Gasteiger partial charge in [0.05, 0.1) is 24.3 Å². The topological polar surface area (TPSA) is 58.4 Å². The van der Waals surface area contributed by atoms with Crippen LogP contribution < -0.4 is 0 Å². The van der Waals surface area contributed by atoms with Crippen molar-refractivity contribution >= 4 is 5.91 Å². The number of rotatable bonds is 3. The van der Waals surface area contributed by atoms with E-state index in [0.717, 1.165) is 25.0 Å². The molecule has 0 radical (unpaired) electrons. The zero-order valence-corrected chi connectivity index (χ0v) is 10.9. The summed E-state index contributed by atoms with van der Waals surface area (Å²) in [5.74, 6) is 0.423. The summed E-state index contributed by atoms with van der Waals surface area (Å²) in [7, 11) is 1.83. The first kappa shape index (κ1) is 11.7. The second kappa shape index (κ2) is 3.82. The lowest BCUT2D eigenvalue weighted by Crippen LogP contribution is -2.64. The van der Waals surface area contributed by atoms with Crippen molar-refractivity contribution in [2.75, 3.05) is 13.1 Å². The molecule has 1 saturated heterocycles. The summed E-state index contributed by atoms with van der Waals surface area (Å²) in [6.07, 6.45) is 4.73. The van der Waals surface area contributed by atoms with Gasteiger partial charge in [-0.15, -0.1) is 0 Å². The van der Waals surface area contributed by atoms with Crippen molar-refractivity contribution in [1.82, 2.24) is 14.7 Å². The number of amides is 1. The third-order valence-electron chi connectivity index (χ3n) is 4.02. The molecule has 0 unspecified atom stereocenters. The van der Waals surface area contributed by atoms with Crippen molar-refractivity contribution in [1.29, 1.82) is 0 Å². The highest BCUT2D eigenvalue weighted by Gasteiger charge is 2.53. The molecule has 1 aromatic heterocycles. The smallest absolute Gasteiger partial charge is 0.257 e. The number of hydrogen-bond donors (Lipinski definition) is 1. The van der Waals surface area contributed by atoms with E-state index >= 15 is 0 Å². The van der Waals surface area contributed by atoms with Crippen LogP contribution in [0.1, 0.15) is 35.8 Å². The van der Waals surface area contributed by atoms with E-state index in [4.69, 9.17) is 0 Å². The average molecular weight is 249 g/mol. The average Bonchev–Trinajstić information content (AvgIpc) is 3.08. The second-order valence-corrected chi connectivity index (χ2v) is 5.56. The van der Waals surface area contributed by atoms with E-state index in [0.29, 0.717) is 24.6 Å². The highest BCUT2D eigenvalue weighted by atomic mass is 16.3.